The molecule has 1 aromatic heterocycles. The van der Waals surface area contributed by atoms with Crippen LogP contribution >= 0.6 is 24.0 Å². The molecular weight excluding hydrogens is 286 g/mol. The molecule has 3 aromatic rings. The van der Waals surface area contributed by atoms with Gasteiger partial charge in [0.1, 0.15) is 11.4 Å². The van der Waals surface area contributed by atoms with Crippen molar-refractivity contribution in [2.24, 2.45) is 4.99 Å². The lowest BCUT2D eigenvalue weighted by Crippen LogP contribution is -1.83. The van der Waals surface area contributed by atoms with Crippen molar-refractivity contribution in [3.63, 3.8) is 0 Å². The fourth-order valence-corrected chi connectivity index (χ4v) is 3.44. The number of rotatable bonds is 3. The van der Waals surface area contributed by atoms with E-state index in [1.807, 2.05) is 42.6 Å². The van der Waals surface area contributed by atoms with Gasteiger partial charge in [-0.2, -0.15) is 0 Å². The molecule has 0 fully saturated rings. The van der Waals surface area contributed by atoms with Gasteiger partial charge < -0.3 is 4.74 Å². The Morgan fingerprint density at radius 3 is 2.65 bits per heavy atom. The number of hydrogen-bond donors (Lipinski definition) is 1. The van der Waals surface area contributed by atoms with Crippen LogP contribution in [0.3, 0.4) is 0 Å². The lowest BCUT2D eigenvalue weighted by atomic mass is 10.2. The van der Waals surface area contributed by atoms with Crippen LogP contribution in [0, 0.1) is 0 Å². The second kappa shape index (κ2) is 5.69. The third-order valence-electron chi connectivity index (χ3n) is 3.00. The summed E-state index contributed by atoms with van der Waals surface area (Å²) in [6, 6.07) is 15.9. The van der Waals surface area contributed by atoms with Gasteiger partial charge in [0.05, 0.1) is 12.0 Å². The first-order valence-electron chi connectivity index (χ1n) is 6.17. The number of thiol groups is 1. The van der Waals surface area contributed by atoms with Crippen molar-refractivity contribution < 1.29 is 4.74 Å². The van der Waals surface area contributed by atoms with Crippen LogP contribution in [-0.2, 0) is 0 Å². The minimum Gasteiger partial charge on any atom is -0.494 e. The third kappa shape index (κ3) is 2.44. The summed E-state index contributed by atoms with van der Waals surface area (Å²) in [6.45, 7) is 0. The van der Waals surface area contributed by atoms with E-state index in [0.717, 1.165) is 21.2 Å². The monoisotopic (exact) mass is 299 g/mol. The molecule has 0 spiro atoms. The number of nitrogens with zero attached hydrogens (tertiary/aromatic N) is 1. The molecule has 0 aliphatic rings. The smallest absolute Gasteiger partial charge is 0.144 e. The number of ether oxygens (including phenoxy) is 1. The first-order chi connectivity index (χ1) is 9.79. The number of aliphatic imine (C=N–C) groups is 1. The van der Waals surface area contributed by atoms with Crippen molar-refractivity contribution in [2.45, 2.75) is 4.90 Å². The molecule has 0 N–H and O–H groups in total. The summed E-state index contributed by atoms with van der Waals surface area (Å²) in [7, 11) is 1.65. The van der Waals surface area contributed by atoms with Crippen molar-refractivity contribution in [3.05, 3.63) is 53.4 Å². The first kappa shape index (κ1) is 13.2. The zero-order valence-corrected chi connectivity index (χ0v) is 12.6. The normalized spacial score (nSPS) is 11.3. The van der Waals surface area contributed by atoms with Gasteiger partial charge in [-0.15, -0.1) is 24.0 Å². The maximum Gasteiger partial charge on any atom is 0.144 e. The molecular formula is C16H13NOS2. The minimum atomic E-state index is 0.769. The second-order valence-electron chi connectivity index (χ2n) is 4.24. The number of benzene rings is 2. The topological polar surface area (TPSA) is 21.6 Å². The second-order valence-corrected chi connectivity index (χ2v) is 5.77. The Morgan fingerprint density at radius 1 is 1.10 bits per heavy atom. The Labute approximate surface area is 127 Å². The van der Waals surface area contributed by atoms with Crippen LogP contribution in [-0.4, -0.2) is 13.3 Å². The lowest BCUT2D eigenvalue weighted by molar-refractivity contribution is 0.416. The van der Waals surface area contributed by atoms with E-state index in [1.54, 1.807) is 18.4 Å². The van der Waals surface area contributed by atoms with Gasteiger partial charge in [-0.05, 0) is 18.2 Å². The van der Waals surface area contributed by atoms with Crippen molar-refractivity contribution in [1.29, 1.82) is 0 Å². The number of hydrogen-bond acceptors (Lipinski definition) is 4. The van der Waals surface area contributed by atoms with Gasteiger partial charge in [-0.25, -0.2) is 0 Å². The number of methoxy groups -OCH3 is 1. The van der Waals surface area contributed by atoms with Crippen LogP contribution in [0.25, 0.3) is 10.1 Å². The predicted molar refractivity (Wildman–Crippen MR) is 89.3 cm³/mol. The Bertz CT molecular complexity index is 777. The van der Waals surface area contributed by atoms with Gasteiger partial charge in [0.15, 0.2) is 0 Å². The van der Waals surface area contributed by atoms with Crippen LogP contribution < -0.4 is 4.74 Å². The molecule has 1 heterocycles. The van der Waals surface area contributed by atoms with E-state index < -0.39 is 0 Å². The molecule has 0 amide bonds. The largest absolute Gasteiger partial charge is 0.494 e. The molecule has 4 heteroatoms. The van der Waals surface area contributed by atoms with Crippen LogP contribution in [0.1, 0.15) is 4.88 Å². The highest BCUT2D eigenvalue weighted by Crippen LogP contribution is 2.33. The fraction of sp³-hybridized carbons (Fsp3) is 0.0625. The minimum absolute atomic E-state index is 0.769. The summed E-state index contributed by atoms with van der Waals surface area (Å²) in [5.41, 5.74) is 0.820. The molecule has 0 saturated carbocycles. The van der Waals surface area contributed by atoms with E-state index in [9.17, 15) is 0 Å². The summed E-state index contributed by atoms with van der Waals surface area (Å²) >= 11 is 6.29. The number of para-hydroxylation sites is 2. The van der Waals surface area contributed by atoms with E-state index in [2.05, 4.69) is 29.8 Å². The zero-order chi connectivity index (χ0) is 13.9. The molecule has 0 aliphatic carbocycles. The molecule has 3 rings (SSSR count). The maximum absolute atomic E-state index is 5.29. The molecule has 2 nitrogen and oxygen atoms in total. The van der Waals surface area contributed by atoms with Gasteiger partial charge in [0.2, 0.25) is 0 Å². The zero-order valence-electron chi connectivity index (χ0n) is 10.9. The summed E-state index contributed by atoms with van der Waals surface area (Å²) in [5, 5.41) is 1.17. The third-order valence-corrected chi connectivity index (χ3v) is 4.74. The maximum atomic E-state index is 5.29. The van der Waals surface area contributed by atoms with E-state index in [4.69, 9.17) is 4.74 Å². The van der Waals surface area contributed by atoms with Crippen LogP contribution in [0.15, 0.2) is 58.4 Å². The predicted octanol–water partition coefficient (Wildman–Crippen LogP) is 4.95. The number of thiophene rings is 1. The molecule has 0 aliphatic heterocycles. The van der Waals surface area contributed by atoms with Gasteiger partial charge in [0, 0.05) is 21.2 Å². The van der Waals surface area contributed by atoms with Crippen molar-refractivity contribution in [2.75, 3.05) is 7.11 Å². The number of fused-ring (bicyclic) bond motifs is 1. The van der Waals surface area contributed by atoms with E-state index in [0.29, 0.717) is 0 Å². The Hall–Kier alpha value is -1.78. The van der Waals surface area contributed by atoms with Gasteiger partial charge >= 0.3 is 0 Å². The van der Waals surface area contributed by atoms with Crippen LogP contribution in [0.4, 0.5) is 5.69 Å². The molecule has 0 atom stereocenters. The molecule has 0 saturated heterocycles. The molecule has 20 heavy (non-hydrogen) atoms. The SMILES string of the molecule is COc1ccccc1N=Cc1sc2ccccc2c1S. The van der Waals surface area contributed by atoms with Crippen LogP contribution in [0.2, 0.25) is 0 Å². The molecule has 100 valence electrons. The van der Waals surface area contributed by atoms with Gasteiger partial charge in [-0.3, -0.25) is 4.99 Å². The first-order valence-corrected chi connectivity index (χ1v) is 7.43. The van der Waals surface area contributed by atoms with E-state index in [1.165, 1.54) is 10.1 Å². The lowest BCUT2D eigenvalue weighted by Gasteiger charge is -2.02. The quantitative estimate of drug-likeness (QED) is 0.536. The van der Waals surface area contributed by atoms with Crippen LogP contribution in [0.5, 0.6) is 5.75 Å². The summed E-state index contributed by atoms with van der Waals surface area (Å²) in [4.78, 5) is 6.55. The van der Waals surface area contributed by atoms with Crippen molar-refractivity contribution in [1.82, 2.24) is 0 Å². The van der Waals surface area contributed by atoms with Crippen molar-refractivity contribution >= 4 is 46.0 Å². The van der Waals surface area contributed by atoms with Crippen molar-refractivity contribution in [3.8, 4) is 5.75 Å². The average molecular weight is 299 g/mol. The van der Waals surface area contributed by atoms with E-state index in [-0.39, 0.29) is 0 Å². The summed E-state index contributed by atoms with van der Waals surface area (Å²) in [5.74, 6) is 0.769. The fourth-order valence-electron chi connectivity index (χ4n) is 2.00. The highest BCUT2D eigenvalue weighted by molar-refractivity contribution is 7.81. The summed E-state index contributed by atoms with van der Waals surface area (Å²) in [6.07, 6.45) is 1.85. The molecule has 0 bridgehead atoms. The standard InChI is InChI=1S/C16H13NOS2/c1-18-13-8-4-3-7-12(13)17-10-15-16(19)11-6-2-5-9-14(11)20-15/h2-10,19H,1H3. The van der Waals surface area contributed by atoms with Gasteiger partial charge in [-0.1, -0.05) is 30.3 Å². The Kier molecular flexibility index (Phi) is 3.76. The Balaban J connectivity index is 2.00. The van der Waals surface area contributed by atoms with E-state index >= 15 is 0 Å². The highest BCUT2D eigenvalue weighted by atomic mass is 32.1. The van der Waals surface area contributed by atoms with Gasteiger partial charge in [0.25, 0.3) is 0 Å². The summed E-state index contributed by atoms with van der Waals surface area (Å²) < 4.78 is 6.51. The Morgan fingerprint density at radius 2 is 1.85 bits per heavy atom. The average Bonchev–Trinajstić information content (AvgIpc) is 2.82. The molecule has 0 radical (unpaired) electrons. The molecule has 2 aromatic carbocycles. The highest BCUT2D eigenvalue weighted by Gasteiger charge is 2.07. The molecule has 0 unspecified atom stereocenters.